The van der Waals surface area contributed by atoms with Crippen LogP contribution in [0.5, 0.6) is 0 Å². The van der Waals surface area contributed by atoms with Gasteiger partial charge in [-0.1, -0.05) is 0 Å². The van der Waals surface area contributed by atoms with E-state index in [1.165, 1.54) is 6.92 Å². The van der Waals surface area contributed by atoms with Gasteiger partial charge in [0.05, 0.1) is 32.3 Å². The second-order valence-corrected chi connectivity index (χ2v) is 9.14. The van der Waals surface area contributed by atoms with Gasteiger partial charge in [-0.2, -0.15) is 0 Å². The molecule has 2 amide bonds. The predicted molar refractivity (Wildman–Crippen MR) is 130 cm³/mol. The molecule has 11 nitrogen and oxygen atoms in total. The van der Waals surface area contributed by atoms with Crippen molar-refractivity contribution in [2.24, 2.45) is 0 Å². The molecule has 0 aliphatic carbocycles. The van der Waals surface area contributed by atoms with Crippen LogP contribution >= 0.6 is 59.4 Å². The first-order valence-electron chi connectivity index (χ1n) is 9.18. The van der Waals surface area contributed by atoms with E-state index in [0.717, 1.165) is 13.8 Å². The molecule has 0 saturated heterocycles. The van der Waals surface area contributed by atoms with Crippen molar-refractivity contribution >= 4 is 100 Å². The summed E-state index contributed by atoms with van der Waals surface area (Å²) in [7, 11) is 0. The minimum atomic E-state index is -0.990. The first kappa shape index (κ1) is 30.0. The molecule has 1 aromatic carbocycles. The third-order valence-electron chi connectivity index (χ3n) is 3.71. The highest BCUT2D eigenvalue weighted by Crippen LogP contribution is 2.43. The molecule has 0 heterocycles. The zero-order valence-corrected chi connectivity index (χ0v) is 23.4. The van der Waals surface area contributed by atoms with E-state index in [1.54, 1.807) is 0 Å². The number of carbonyl (C=O) groups is 6. The Balaban J connectivity index is 3.30. The van der Waals surface area contributed by atoms with Crippen LogP contribution in [-0.4, -0.2) is 60.8 Å². The molecule has 1 rings (SSSR count). The number of hydrogen-bond donors (Lipinski definition) is 2. The summed E-state index contributed by atoms with van der Waals surface area (Å²) in [6.07, 6.45) is -0.990. The summed E-state index contributed by atoms with van der Waals surface area (Å²) in [6, 6.07) is 0. The Bertz CT molecular complexity index is 1030. The van der Waals surface area contributed by atoms with E-state index < -0.39 is 47.7 Å². The van der Waals surface area contributed by atoms with Crippen molar-refractivity contribution in [2.75, 3.05) is 25.1 Å². The van der Waals surface area contributed by atoms with Crippen LogP contribution in [-0.2, 0) is 33.4 Å². The van der Waals surface area contributed by atoms with Gasteiger partial charge in [-0.15, -0.1) is 0 Å². The van der Waals surface area contributed by atoms with E-state index in [9.17, 15) is 28.8 Å². The maximum atomic E-state index is 13.0. The summed E-state index contributed by atoms with van der Waals surface area (Å²) in [5.74, 6) is -3.47. The van der Waals surface area contributed by atoms with Gasteiger partial charge in [0.15, 0.2) is 12.7 Å². The second kappa shape index (κ2) is 13.8. The normalized spacial score (nSPS) is 11.1. The van der Waals surface area contributed by atoms with E-state index in [1.807, 2.05) is 0 Å². The van der Waals surface area contributed by atoms with Crippen LogP contribution in [0.4, 0.5) is 5.69 Å². The van der Waals surface area contributed by atoms with E-state index in [-0.39, 0.29) is 43.4 Å². The van der Waals surface area contributed by atoms with Crippen molar-refractivity contribution in [3.63, 3.8) is 0 Å². The zero-order valence-electron chi connectivity index (χ0n) is 17.9. The maximum Gasteiger partial charge on any atom is 0.303 e. The van der Waals surface area contributed by atoms with Crippen molar-refractivity contribution < 1.29 is 43.0 Å². The quantitative estimate of drug-likeness (QED) is 0.214. The number of benzene rings is 1. The first-order chi connectivity index (χ1) is 15.8. The highest BCUT2D eigenvalue weighted by Gasteiger charge is 2.29. The summed E-state index contributed by atoms with van der Waals surface area (Å²) < 4.78 is 14.6. The van der Waals surface area contributed by atoms with Gasteiger partial charge in [0.1, 0.15) is 6.61 Å². The number of halogens is 4. The van der Waals surface area contributed by atoms with Gasteiger partial charge in [-0.25, -0.2) is 0 Å². The van der Waals surface area contributed by atoms with Crippen molar-refractivity contribution in [2.45, 2.75) is 26.9 Å². The molecule has 1 atom stereocenters. The molecule has 1 aromatic rings. The number of amides is 2. The molecule has 0 saturated carbocycles. The standard InChI is InChI=1S/C19H18Br3ClN2O9/c1-7(26)32-5-10(34-9(3)28)4-24-19(31)13-14(20)12(18(23)30)15(21)17(16(13)22)25-11(29)6-33-8(2)27/h10H,4-6H2,1-3H3,(H,24,31)(H,25,29). The van der Waals surface area contributed by atoms with E-state index in [4.69, 9.17) is 21.1 Å². The predicted octanol–water partition coefficient (Wildman–Crippen LogP) is 3.08. The van der Waals surface area contributed by atoms with E-state index >= 15 is 0 Å². The fourth-order valence-corrected chi connectivity index (χ4v) is 5.69. The molecular formula is C19H18Br3ClN2O9. The molecule has 186 valence electrons. The maximum absolute atomic E-state index is 13.0. The van der Waals surface area contributed by atoms with Crippen molar-refractivity contribution in [1.82, 2.24) is 5.32 Å². The average Bonchev–Trinajstić information content (AvgIpc) is 2.70. The Kier molecular flexibility index (Phi) is 12.1. The summed E-state index contributed by atoms with van der Waals surface area (Å²) in [4.78, 5) is 70.5. The SMILES string of the molecule is CC(=O)OCC(=O)Nc1c(Br)c(C(=O)Cl)c(Br)c(C(=O)NCC(COC(C)=O)OC(C)=O)c1Br. The molecule has 15 heteroatoms. The average molecular weight is 694 g/mol. The Morgan fingerprint density at radius 1 is 0.853 bits per heavy atom. The molecule has 0 radical (unpaired) electrons. The fraction of sp³-hybridized carbons (Fsp3) is 0.368. The Morgan fingerprint density at radius 3 is 1.91 bits per heavy atom. The topological polar surface area (TPSA) is 154 Å². The molecule has 0 aliphatic rings. The van der Waals surface area contributed by atoms with Crippen molar-refractivity contribution in [3.8, 4) is 0 Å². The fourth-order valence-electron chi connectivity index (χ4n) is 2.36. The second-order valence-electron chi connectivity index (χ2n) is 6.41. The van der Waals surface area contributed by atoms with Gasteiger partial charge in [0.2, 0.25) is 0 Å². The summed E-state index contributed by atoms with van der Waals surface area (Å²) in [6.45, 7) is 2.26. The number of carbonyl (C=O) groups excluding carboxylic acids is 6. The molecular weight excluding hydrogens is 675 g/mol. The van der Waals surface area contributed by atoms with Crippen molar-refractivity contribution in [3.05, 3.63) is 24.5 Å². The molecule has 0 aromatic heterocycles. The lowest BCUT2D eigenvalue weighted by Crippen LogP contribution is -2.38. The summed E-state index contributed by atoms with van der Waals surface area (Å²) in [5, 5.41) is 3.97. The molecule has 34 heavy (non-hydrogen) atoms. The molecule has 1 unspecified atom stereocenters. The van der Waals surface area contributed by atoms with Crippen LogP contribution in [0.2, 0.25) is 0 Å². The van der Waals surface area contributed by atoms with Crippen LogP contribution in [0.25, 0.3) is 0 Å². The number of anilines is 1. The number of ether oxygens (including phenoxy) is 3. The summed E-state index contributed by atoms with van der Waals surface area (Å²) in [5.41, 5.74) is -0.343. The molecule has 0 spiro atoms. The third-order valence-corrected chi connectivity index (χ3v) is 6.27. The molecule has 0 bridgehead atoms. The van der Waals surface area contributed by atoms with Gasteiger partial charge in [-0.05, 0) is 59.4 Å². The van der Waals surface area contributed by atoms with E-state index in [2.05, 4.69) is 63.2 Å². The Hall–Kier alpha value is -2.03. The molecule has 2 N–H and O–H groups in total. The van der Waals surface area contributed by atoms with Gasteiger partial charge < -0.3 is 24.8 Å². The highest BCUT2D eigenvalue weighted by molar-refractivity contribution is 9.11. The third kappa shape index (κ3) is 8.96. The van der Waals surface area contributed by atoms with Crippen LogP contribution in [0.15, 0.2) is 13.4 Å². The number of hydrogen-bond acceptors (Lipinski definition) is 9. The lowest BCUT2D eigenvalue weighted by Gasteiger charge is -2.20. The zero-order chi connectivity index (χ0) is 26.2. The first-order valence-corrected chi connectivity index (χ1v) is 11.9. The Morgan fingerprint density at radius 2 is 1.41 bits per heavy atom. The molecule has 0 fully saturated rings. The van der Waals surface area contributed by atoms with Gasteiger partial charge in [0.25, 0.3) is 17.1 Å². The lowest BCUT2D eigenvalue weighted by molar-refractivity contribution is -0.155. The van der Waals surface area contributed by atoms with E-state index in [0.29, 0.717) is 0 Å². The minimum Gasteiger partial charge on any atom is -0.462 e. The van der Waals surface area contributed by atoms with Crippen LogP contribution < -0.4 is 10.6 Å². The highest BCUT2D eigenvalue weighted by atomic mass is 79.9. The summed E-state index contributed by atoms with van der Waals surface area (Å²) >= 11 is 15.2. The number of nitrogens with one attached hydrogen (secondary N) is 2. The smallest absolute Gasteiger partial charge is 0.303 e. The monoisotopic (exact) mass is 690 g/mol. The number of rotatable bonds is 10. The molecule has 0 aliphatic heterocycles. The van der Waals surface area contributed by atoms with Gasteiger partial charge >= 0.3 is 17.9 Å². The minimum absolute atomic E-state index is 0.00856. The van der Waals surface area contributed by atoms with Crippen LogP contribution in [0.1, 0.15) is 41.5 Å². The van der Waals surface area contributed by atoms with Crippen molar-refractivity contribution in [1.29, 1.82) is 0 Å². The van der Waals surface area contributed by atoms with Gasteiger partial charge in [0, 0.05) is 25.2 Å². The van der Waals surface area contributed by atoms with Crippen LogP contribution in [0, 0.1) is 0 Å². The Labute approximate surface area is 223 Å². The van der Waals surface area contributed by atoms with Crippen LogP contribution in [0.3, 0.4) is 0 Å². The largest absolute Gasteiger partial charge is 0.462 e. The van der Waals surface area contributed by atoms with Gasteiger partial charge in [-0.3, -0.25) is 28.8 Å². The lowest BCUT2D eigenvalue weighted by atomic mass is 10.1. The number of esters is 3.